The van der Waals surface area contributed by atoms with E-state index in [0.717, 1.165) is 19.3 Å². The summed E-state index contributed by atoms with van der Waals surface area (Å²) in [6.07, 6.45) is 1.31. The smallest absolute Gasteiger partial charge is 0.328 e. The van der Waals surface area contributed by atoms with Crippen molar-refractivity contribution in [2.24, 2.45) is 23.7 Å². The van der Waals surface area contributed by atoms with Gasteiger partial charge in [0, 0.05) is 24.7 Å². The Morgan fingerprint density at radius 1 is 1.12 bits per heavy atom. The first kappa shape index (κ1) is 24.3. The summed E-state index contributed by atoms with van der Waals surface area (Å²) in [5, 5.41) is 20.0. The summed E-state index contributed by atoms with van der Waals surface area (Å²) < 4.78 is 18.0. The monoisotopic (exact) mass is 471 g/mol. The Balaban J connectivity index is 1.41. The number of hydrogen-bond acceptors (Lipinski definition) is 9. The first-order chi connectivity index (χ1) is 15.6. The van der Waals surface area contributed by atoms with E-state index in [1.807, 2.05) is 13.8 Å². The molecular formula is C22H33NO10. The molecule has 1 saturated carbocycles. The van der Waals surface area contributed by atoms with Crippen LogP contribution in [0.5, 0.6) is 0 Å². The molecule has 0 aromatic rings. The topological polar surface area (TPSA) is 150 Å². The van der Waals surface area contributed by atoms with Crippen LogP contribution < -0.4 is 5.32 Å². The fourth-order valence-electron chi connectivity index (χ4n) is 5.86. The fourth-order valence-corrected chi connectivity index (χ4v) is 5.86. The van der Waals surface area contributed by atoms with Gasteiger partial charge in [-0.3, -0.25) is 9.59 Å². The second-order valence-corrected chi connectivity index (χ2v) is 9.90. The standard InChI is InChI=1S/C22H33NO10/c1-11-4-5-14-12(2)19(29-17(26)7-6-16(25)23-15(10-24)18(27)28)30-20-22(14)13(11)8-9-21(3,31-20)32-33-22/h11-15,19-20,24H,4-10H2,1-3H3,(H,23,25)(H,27,28)/t11-,12-,13+,14+,15-,19-,20-,21+,22-/m1/s1. The van der Waals surface area contributed by atoms with Gasteiger partial charge in [-0.2, -0.15) is 0 Å². The van der Waals surface area contributed by atoms with E-state index in [2.05, 4.69) is 12.2 Å². The molecule has 33 heavy (non-hydrogen) atoms. The Kier molecular flexibility index (Phi) is 6.71. The van der Waals surface area contributed by atoms with Crippen LogP contribution in [0.3, 0.4) is 0 Å². The summed E-state index contributed by atoms with van der Waals surface area (Å²) in [5.74, 6) is -3.17. The Labute approximate surface area is 191 Å². The number of rotatable bonds is 7. The normalized spacial score (nSPS) is 42.5. The van der Waals surface area contributed by atoms with Crippen LogP contribution in [-0.4, -0.2) is 64.7 Å². The van der Waals surface area contributed by atoms with E-state index in [4.69, 9.17) is 34.2 Å². The fraction of sp³-hybridized carbons (Fsp3) is 0.864. The summed E-state index contributed by atoms with van der Waals surface area (Å²) in [5.41, 5.74) is -0.758. The average molecular weight is 472 g/mol. The minimum Gasteiger partial charge on any atom is -0.480 e. The third-order valence-corrected chi connectivity index (χ3v) is 7.72. The van der Waals surface area contributed by atoms with Gasteiger partial charge in [0.05, 0.1) is 13.0 Å². The summed E-state index contributed by atoms with van der Waals surface area (Å²) >= 11 is 0. The van der Waals surface area contributed by atoms with Crippen molar-refractivity contribution >= 4 is 17.8 Å². The number of esters is 1. The van der Waals surface area contributed by atoms with Gasteiger partial charge >= 0.3 is 11.9 Å². The van der Waals surface area contributed by atoms with Crippen molar-refractivity contribution in [2.45, 2.75) is 89.3 Å². The molecule has 1 amide bonds. The number of amides is 1. The van der Waals surface area contributed by atoms with Crippen LogP contribution >= 0.6 is 0 Å². The van der Waals surface area contributed by atoms with Crippen molar-refractivity contribution in [2.75, 3.05) is 6.61 Å². The SMILES string of the molecule is C[C@H]1[C@H](OC(=O)CCC(=O)N[C@H](CO)C(=O)O)O[C@@H]2O[C@]3(C)CC[C@H]4[C@H](C)CC[C@@H]1[C@@]24OO3. The summed E-state index contributed by atoms with van der Waals surface area (Å²) in [6, 6.07) is -1.42. The zero-order chi connectivity index (χ0) is 24.0. The van der Waals surface area contributed by atoms with Gasteiger partial charge in [-0.1, -0.05) is 13.8 Å². The molecule has 0 radical (unpaired) electrons. The maximum absolute atomic E-state index is 12.5. The van der Waals surface area contributed by atoms with E-state index >= 15 is 0 Å². The molecule has 186 valence electrons. The lowest BCUT2D eigenvalue weighted by Gasteiger charge is -2.59. The molecule has 4 aliphatic heterocycles. The highest BCUT2D eigenvalue weighted by Crippen LogP contribution is 2.60. The maximum atomic E-state index is 12.5. The van der Waals surface area contributed by atoms with Crippen molar-refractivity contribution in [1.82, 2.24) is 5.32 Å². The van der Waals surface area contributed by atoms with Gasteiger partial charge in [0.25, 0.3) is 0 Å². The molecule has 5 fully saturated rings. The molecule has 5 aliphatic rings. The molecule has 3 N–H and O–H groups in total. The van der Waals surface area contributed by atoms with Gasteiger partial charge in [0.15, 0.2) is 11.9 Å². The Bertz CT molecular complexity index is 791. The van der Waals surface area contributed by atoms with Crippen LogP contribution in [0.2, 0.25) is 0 Å². The highest BCUT2D eigenvalue weighted by molar-refractivity contribution is 5.85. The van der Waals surface area contributed by atoms with Gasteiger partial charge in [-0.15, -0.1) is 0 Å². The van der Waals surface area contributed by atoms with E-state index in [1.54, 1.807) is 0 Å². The van der Waals surface area contributed by atoms with Crippen LogP contribution in [-0.2, 0) is 38.4 Å². The minimum absolute atomic E-state index is 0.00192. The van der Waals surface area contributed by atoms with Crippen LogP contribution in [0.1, 0.15) is 59.3 Å². The summed E-state index contributed by atoms with van der Waals surface area (Å²) in [7, 11) is 0. The molecule has 4 saturated heterocycles. The molecule has 0 unspecified atom stereocenters. The number of aliphatic hydroxyl groups excluding tert-OH is 1. The molecule has 0 aromatic heterocycles. The minimum atomic E-state index is -1.42. The number of hydrogen-bond donors (Lipinski definition) is 3. The predicted octanol–water partition coefficient (Wildman–Crippen LogP) is 1.08. The molecule has 2 bridgehead atoms. The molecule has 1 aliphatic carbocycles. The van der Waals surface area contributed by atoms with Crippen LogP contribution in [0.4, 0.5) is 0 Å². The highest BCUT2D eigenvalue weighted by atomic mass is 17.3. The Morgan fingerprint density at radius 3 is 2.58 bits per heavy atom. The average Bonchev–Trinajstić information content (AvgIpc) is 3.00. The Morgan fingerprint density at radius 2 is 1.88 bits per heavy atom. The van der Waals surface area contributed by atoms with Gasteiger partial charge in [0.2, 0.25) is 18.0 Å². The molecule has 11 nitrogen and oxygen atoms in total. The number of carbonyl (C=O) groups excluding carboxylic acids is 2. The predicted molar refractivity (Wildman–Crippen MR) is 109 cm³/mol. The van der Waals surface area contributed by atoms with E-state index in [9.17, 15) is 14.4 Å². The molecule has 0 aromatic carbocycles. The van der Waals surface area contributed by atoms with Gasteiger partial charge in [-0.05, 0) is 38.0 Å². The Hall–Kier alpha value is -1.79. The third kappa shape index (κ3) is 4.37. The van der Waals surface area contributed by atoms with Crippen molar-refractivity contribution in [3.8, 4) is 0 Å². The van der Waals surface area contributed by atoms with Crippen molar-refractivity contribution in [3.63, 3.8) is 0 Å². The maximum Gasteiger partial charge on any atom is 0.328 e. The van der Waals surface area contributed by atoms with E-state index < -0.39 is 54.5 Å². The largest absolute Gasteiger partial charge is 0.480 e. The lowest BCUT2D eigenvalue weighted by atomic mass is 9.58. The lowest BCUT2D eigenvalue weighted by Crippen LogP contribution is -2.70. The number of nitrogens with one attached hydrogen (secondary N) is 1. The lowest BCUT2D eigenvalue weighted by molar-refractivity contribution is -0.576. The van der Waals surface area contributed by atoms with Gasteiger partial charge in [-0.25, -0.2) is 14.6 Å². The third-order valence-electron chi connectivity index (χ3n) is 7.72. The zero-order valence-corrected chi connectivity index (χ0v) is 19.2. The molecular weight excluding hydrogens is 438 g/mol. The quantitative estimate of drug-likeness (QED) is 0.363. The van der Waals surface area contributed by atoms with Crippen LogP contribution in [0.25, 0.3) is 0 Å². The molecule has 1 spiro atoms. The van der Waals surface area contributed by atoms with Gasteiger partial charge in [0.1, 0.15) is 6.04 Å². The highest BCUT2D eigenvalue weighted by Gasteiger charge is 2.69. The van der Waals surface area contributed by atoms with Crippen molar-refractivity contribution < 1.29 is 48.6 Å². The number of ether oxygens (including phenoxy) is 3. The van der Waals surface area contributed by atoms with E-state index in [0.29, 0.717) is 12.3 Å². The van der Waals surface area contributed by atoms with Crippen molar-refractivity contribution in [1.29, 1.82) is 0 Å². The first-order valence-corrected chi connectivity index (χ1v) is 11.6. The van der Waals surface area contributed by atoms with Gasteiger partial charge < -0.3 is 29.7 Å². The number of carboxylic acid groups (broad SMARTS) is 1. The first-order valence-electron chi connectivity index (χ1n) is 11.6. The summed E-state index contributed by atoms with van der Waals surface area (Å²) in [4.78, 5) is 47.1. The van der Waals surface area contributed by atoms with E-state index in [-0.39, 0.29) is 30.6 Å². The molecule has 9 atom stereocenters. The zero-order valence-electron chi connectivity index (χ0n) is 19.2. The second kappa shape index (κ2) is 9.10. The molecule has 4 heterocycles. The number of fused-ring (bicyclic) bond motifs is 2. The number of carbonyl (C=O) groups is 3. The number of carboxylic acids is 1. The van der Waals surface area contributed by atoms with E-state index in [1.165, 1.54) is 0 Å². The van der Waals surface area contributed by atoms with Crippen LogP contribution in [0, 0.1) is 23.7 Å². The van der Waals surface area contributed by atoms with Crippen molar-refractivity contribution in [3.05, 3.63) is 0 Å². The number of aliphatic hydroxyl groups is 1. The number of aliphatic carboxylic acids is 1. The molecule has 11 heteroatoms. The molecule has 5 rings (SSSR count). The second-order valence-electron chi connectivity index (χ2n) is 9.90. The summed E-state index contributed by atoms with van der Waals surface area (Å²) in [6.45, 7) is 5.24. The van der Waals surface area contributed by atoms with Crippen LogP contribution in [0.15, 0.2) is 0 Å².